The summed E-state index contributed by atoms with van der Waals surface area (Å²) in [6, 6.07) is 4.14. The summed E-state index contributed by atoms with van der Waals surface area (Å²) in [6.07, 6.45) is 0. The number of hydrogen-bond acceptors (Lipinski definition) is 3. The van der Waals surface area contributed by atoms with Crippen molar-refractivity contribution in [3.63, 3.8) is 0 Å². The molecule has 0 aromatic heterocycles. The van der Waals surface area contributed by atoms with E-state index in [0.29, 0.717) is 0 Å². The molecule has 0 spiro atoms. The summed E-state index contributed by atoms with van der Waals surface area (Å²) in [7, 11) is 1.13. The zero-order valence-corrected chi connectivity index (χ0v) is 11.3. The molecule has 1 aromatic rings. The van der Waals surface area contributed by atoms with Crippen LogP contribution in [0.25, 0.3) is 0 Å². The van der Waals surface area contributed by atoms with Crippen molar-refractivity contribution in [1.82, 2.24) is 0 Å². The SMILES string of the molecule is CC(C)(C)c1ccc(S(=O)(=O)Cl)c(C(=O)O)c1. The Morgan fingerprint density at radius 2 is 1.82 bits per heavy atom. The Morgan fingerprint density at radius 3 is 2.18 bits per heavy atom. The molecule has 1 N–H and O–H groups in total. The van der Waals surface area contributed by atoms with Crippen molar-refractivity contribution >= 4 is 25.7 Å². The third-order valence-corrected chi connectivity index (χ3v) is 3.72. The van der Waals surface area contributed by atoms with Crippen LogP contribution in [0.3, 0.4) is 0 Å². The van der Waals surface area contributed by atoms with E-state index < -0.39 is 15.0 Å². The van der Waals surface area contributed by atoms with Crippen molar-refractivity contribution in [2.24, 2.45) is 0 Å². The molecule has 0 unspecified atom stereocenters. The highest BCUT2D eigenvalue weighted by molar-refractivity contribution is 8.13. The van der Waals surface area contributed by atoms with E-state index in [2.05, 4.69) is 0 Å². The summed E-state index contributed by atoms with van der Waals surface area (Å²) in [6.45, 7) is 5.72. The molecule has 0 heterocycles. The van der Waals surface area contributed by atoms with Gasteiger partial charge in [0.15, 0.2) is 0 Å². The number of carbonyl (C=O) groups is 1. The summed E-state index contributed by atoms with van der Waals surface area (Å²) in [5.41, 5.74) is 0.171. The van der Waals surface area contributed by atoms with E-state index in [1.807, 2.05) is 20.8 Å². The molecule has 17 heavy (non-hydrogen) atoms. The molecule has 0 bridgehead atoms. The maximum atomic E-state index is 11.2. The minimum Gasteiger partial charge on any atom is -0.478 e. The van der Waals surface area contributed by atoms with Crippen LogP contribution >= 0.6 is 10.7 Å². The van der Waals surface area contributed by atoms with Crippen LogP contribution in [0, 0.1) is 0 Å². The van der Waals surface area contributed by atoms with Crippen molar-refractivity contribution in [2.75, 3.05) is 0 Å². The Bertz CT molecular complexity index is 555. The van der Waals surface area contributed by atoms with Crippen LogP contribution in [0.5, 0.6) is 0 Å². The molecule has 0 saturated carbocycles. The van der Waals surface area contributed by atoms with Gasteiger partial charge >= 0.3 is 5.97 Å². The summed E-state index contributed by atoms with van der Waals surface area (Å²) < 4.78 is 22.4. The Morgan fingerprint density at radius 1 is 1.29 bits per heavy atom. The molecule has 0 saturated heterocycles. The minimum atomic E-state index is -4.05. The molecule has 0 fully saturated rings. The zero-order chi connectivity index (χ0) is 13.4. The number of carboxylic acid groups (broad SMARTS) is 1. The van der Waals surface area contributed by atoms with Crippen molar-refractivity contribution in [2.45, 2.75) is 31.1 Å². The van der Waals surface area contributed by atoms with Crippen molar-refractivity contribution in [3.05, 3.63) is 29.3 Å². The first-order chi connectivity index (χ1) is 7.53. The fraction of sp³-hybridized carbons (Fsp3) is 0.364. The van der Waals surface area contributed by atoms with Crippen LogP contribution in [0.1, 0.15) is 36.7 Å². The topological polar surface area (TPSA) is 71.4 Å². The van der Waals surface area contributed by atoms with Crippen LogP contribution in [0.4, 0.5) is 0 Å². The molecule has 6 heteroatoms. The molecular weight excluding hydrogens is 264 g/mol. The predicted octanol–water partition coefficient (Wildman–Crippen LogP) is 2.61. The highest BCUT2D eigenvalue weighted by atomic mass is 35.7. The smallest absolute Gasteiger partial charge is 0.337 e. The molecule has 0 aliphatic heterocycles. The molecule has 0 aliphatic carbocycles. The summed E-state index contributed by atoms with van der Waals surface area (Å²) >= 11 is 0. The minimum absolute atomic E-state index is 0.265. The van der Waals surface area contributed by atoms with Gasteiger partial charge in [0, 0.05) is 10.7 Å². The van der Waals surface area contributed by atoms with E-state index in [9.17, 15) is 13.2 Å². The molecule has 94 valence electrons. The van der Waals surface area contributed by atoms with E-state index in [1.165, 1.54) is 12.1 Å². The third-order valence-electron chi connectivity index (χ3n) is 2.34. The second-order valence-corrected chi connectivity index (χ2v) is 7.24. The number of carboxylic acids is 1. The van der Waals surface area contributed by atoms with Crippen molar-refractivity contribution in [3.8, 4) is 0 Å². The fourth-order valence-corrected chi connectivity index (χ4v) is 2.42. The van der Waals surface area contributed by atoms with Crippen molar-refractivity contribution in [1.29, 1.82) is 0 Å². The van der Waals surface area contributed by atoms with Crippen LogP contribution < -0.4 is 0 Å². The predicted molar refractivity (Wildman–Crippen MR) is 65.1 cm³/mol. The summed E-state index contributed by atoms with van der Waals surface area (Å²) in [5.74, 6) is -1.31. The lowest BCUT2D eigenvalue weighted by molar-refractivity contribution is 0.0692. The average molecular weight is 277 g/mol. The molecule has 0 atom stereocenters. The zero-order valence-electron chi connectivity index (χ0n) is 9.69. The van der Waals surface area contributed by atoms with Gasteiger partial charge in [-0.05, 0) is 23.1 Å². The molecule has 1 rings (SSSR count). The molecule has 0 aliphatic rings. The van der Waals surface area contributed by atoms with Gasteiger partial charge in [-0.3, -0.25) is 0 Å². The highest BCUT2D eigenvalue weighted by Gasteiger charge is 2.23. The monoisotopic (exact) mass is 276 g/mol. The number of aromatic carboxylic acids is 1. The van der Waals surface area contributed by atoms with E-state index in [1.54, 1.807) is 6.07 Å². The Labute approximate surface area is 105 Å². The van der Waals surface area contributed by atoms with Crippen molar-refractivity contribution < 1.29 is 18.3 Å². The maximum absolute atomic E-state index is 11.2. The van der Waals surface area contributed by atoms with Gasteiger partial charge in [0.1, 0.15) is 0 Å². The first kappa shape index (κ1) is 14.0. The number of rotatable bonds is 2. The van der Waals surface area contributed by atoms with Gasteiger partial charge in [-0.2, -0.15) is 0 Å². The van der Waals surface area contributed by atoms with Gasteiger partial charge in [0.05, 0.1) is 10.5 Å². The maximum Gasteiger partial charge on any atom is 0.337 e. The van der Waals surface area contributed by atoms with Gasteiger partial charge < -0.3 is 5.11 Å². The number of benzene rings is 1. The second-order valence-electron chi connectivity index (χ2n) is 4.70. The lowest BCUT2D eigenvalue weighted by atomic mass is 9.86. The number of halogens is 1. The van der Waals surface area contributed by atoms with Crippen LogP contribution in [0.2, 0.25) is 0 Å². The fourth-order valence-electron chi connectivity index (χ4n) is 1.38. The third kappa shape index (κ3) is 3.20. The Kier molecular flexibility index (Phi) is 3.55. The lowest BCUT2D eigenvalue weighted by Gasteiger charge is -2.20. The normalized spacial score (nSPS) is 12.5. The first-order valence-electron chi connectivity index (χ1n) is 4.86. The largest absolute Gasteiger partial charge is 0.478 e. The Balaban J connectivity index is 3.55. The van der Waals surface area contributed by atoms with Crippen LogP contribution in [-0.4, -0.2) is 19.5 Å². The number of hydrogen-bond donors (Lipinski definition) is 1. The quantitative estimate of drug-likeness (QED) is 0.843. The average Bonchev–Trinajstić information content (AvgIpc) is 2.14. The van der Waals surface area contributed by atoms with E-state index >= 15 is 0 Å². The van der Waals surface area contributed by atoms with Crippen LogP contribution in [-0.2, 0) is 14.5 Å². The summed E-state index contributed by atoms with van der Waals surface area (Å²) in [5, 5.41) is 9.00. The Hall–Kier alpha value is -1.07. The van der Waals surface area contributed by atoms with Gasteiger partial charge in [0.2, 0.25) is 0 Å². The summed E-state index contributed by atoms with van der Waals surface area (Å²) in [4.78, 5) is 10.6. The van der Waals surface area contributed by atoms with Gasteiger partial charge in [-0.25, -0.2) is 13.2 Å². The van der Waals surface area contributed by atoms with E-state index in [4.69, 9.17) is 15.8 Å². The van der Waals surface area contributed by atoms with Crippen LogP contribution in [0.15, 0.2) is 23.1 Å². The standard InChI is InChI=1S/C11H13ClO4S/c1-11(2,3)7-4-5-9(17(12,15)16)8(6-7)10(13)14/h4-6H,1-3H3,(H,13,14). The van der Waals surface area contributed by atoms with Gasteiger partial charge in [-0.15, -0.1) is 0 Å². The molecule has 0 amide bonds. The van der Waals surface area contributed by atoms with E-state index in [-0.39, 0.29) is 15.9 Å². The molecule has 4 nitrogen and oxygen atoms in total. The molecule has 1 aromatic carbocycles. The lowest BCUT2D eigenvalue weighted by Crippen LogP contribution is -2.14. The first-order valence-corrected chi connectivity index (χ1v) is 7.17. The molecular formula is C11H13ClO4S. The van der Waals surface area contributed by atoms with Gasteiger partial charge in [0.25, 0.3) is 9.05 Å². The highest BCUT2D eigenvalue weighted by Crippen LogP contribution is 2.28. The second kappa shape index (κ2) is 4.31. The van der Waals surface area contributed by atoms with Gasteiger partial charge in [-0.1, -0.05) is 26.8 Å². The molecule has 0 radical (unpaired) electrons. The van der Waals surface area contributed by atoms with E-state index in [0.717, 1.165) is 5.56 Å².